The van der Waals surface area contributed by atoms with E-state index in [1.807, 2.05) is 39.0 Å². The maximum atomic E-state index is 13.7. The lowest BCUT2D eigenvalue weighted by Gasteiger charge is -2.33. The van der Waals surface area contributed by atoms with Gasteiger partial charge in [0.25, 0.3) is 0 Å². The van der Waals surface area contributed by atoms with Gasteiger partial charge < -0.3 is 14.2 Å². The number of hydrogen-bond donors (Lipinski definition) is 0. The zero-order valence-corrected chi connectivity index (χ0v) is 24.1. The molecule has 0 unspecified atom stereocenters. The van der Waals surface area contributed by atoms with Crippen molar-refractivity contribution in [2.75, 3.05) is 19.1 Å². The van der Waals surface area contributed by atoms with Gasteiger partial charge in [-0.3, -0.25) is 9.59 Å². The van der Waals surface area contributed by atoms with Gasteiger partial charge in [0, 0.05) is 24.3 Å². The molecule has 3 aromatic carbocycles. The molecular formula is C33H37NO5. The topological polar surface area (TPSA) is 65.1 Å². The van der Waals surface area contributed by atoms with Gasteiger partial charge >= 0.3 is 0 Å². The van der Waals surface area contributed by atoms with Crippen molar-refractivity contribution < 1.29 is 23.8 Å². The third-order valence-electron chi connectivity index (χ3n) is 8.47. The molecule has 1 saturated heterocycles. The fourth-order valence-electron chi connectivity index (χ4n) is 6.35. The van der Waals surface area contributed by atoms with Crippen molar-refractivity contribution in [3.8, 4) is 17.2 Å². The molecule has 0 saturated carbocycles. The Balaban J connectivity index is 1.56. The van der Waals surface area contributed by atoms with Gasteiger partial charge in [0.1, 0.15) is 11.4 Å². The third kappa shape index (κ3) is 4.36. The molecule has 6 heteroatoms. The lowest BCUT2D eigenvalue weighted by Crippen LogP contribution is -2.43. The normalized spacial score (nSPS) is 18.7. The summed E-state index contributed by atoms with van der Waals surface area (Å²) in [5.41, 5.74) is 7.32. The molecule has 204 valence electrons. The van der Waals surface area contributed by atoms with Gasteiger partial charge in [-0.1, -0.05) is 35.9 Å². The predicted molar refractivity (Wildman–Crippen MR) is 152 cm³/mol. The summed E-state index contributed by atoms with van der Waals surface area (Å²) in [5, 5.41) is 0. The Bertz CT molecular complexity index is 1450. The van der Waals surface area contributed by atoms with E-state index in [4.69, 9.17) is 14.2 Å². The Morgan fingerprint density at radius 1 is 0.795 bits per heavy atom. The van der Waals surface area contributed by atoms with Gasteiger partial charge in [-0.2, -0.15) is 0 Å². The van der Waals surface area contributed by atoms with Gasteiger partial charge in [-0.15, -0.1) is 0 Å². The maximum absolute atomic E-state index is 13.7. The van der Waals surface area contributed by atoms with Crippen LogP contribution >= 0.6 is 0 Å². The summed E-state index contributed by atoms with van der Waals surface area (Å²) in [6, 6.07) is 14.1. The number of imide groups is 1. The van der Waals surface area contributed by atoms with Gasteiger partial charge in [0.05, 0.1) is 25.8 Å². The number of piperidine rings is 1. The van der Waals surface area contributed by atoms with Crippen LogP contribution in [0.3, 0.4) is 0 Å². The van der Waals surface area contributed by atoms with Gasteiger partial charge in [0.15, 0.2) is 11.5 Å². The van der Waals surface area contributed by atoms with Crippen LogP contribution in [-0.4, -0.2) is 31.6 Å². The number of ether oxygens (including phenoxy) is 3. The summed E-state index contributed by atoms with van der Waals surface area (Å²) in [6.45, 7) is 12.3. The minimum atomic E-state index is -0.480. The Hall–Kier alpha value is -3.80. The van der Waals surface area contributed by atoms with E-state index in [1.165, 1.54) is 10.5 Å². The third-order valence-corrected chi connectivity index (χ3v) is 8.47. The molecule has 3 aromatic rings. The summed E-state index contributed by atoms with van der Waals surface area (Å²) in [7, 11) is 3.17. The van der Waals surface area contributed by atoms with Crippen LogP contribution in [0.25, 0.3) is 0 Å². The van der Waals surface area contributed by atoms with Crippen molar-refractivity contribution in [3.63, 3.8) is 0 Å². The molecule has 2 amide bonds. The molecule has 6 nitrogen and oxygen atoms in total. The van der Waals surface area contributed by atoms with Crippen molar-refractivity contribution in [1.29, 1.82) is 0 Å². The highest BCUT2D eigenvalue weighted by atomic mass is 16.5. The number of amides is 2. The van der Waals surface area contributed by atoms with Crippen LogP contribution in [-0.2, 0) is 9.59 Å². The Morgan fingerprint density at radius 3 is 1.97 bits per heavy atom. The van der Waals surface area contributed by atoms with Gasteiger partial charge in [-0.25, -0.2) is 4.90 Å². The summed E-state index contributed by atoms with van der Waals surface area (Å²) < 4.78 is 17.4. The van der Waals surface area contributed by atoms with Gasteiger partial charge in [-0.05, 0) is 81.5 Å². The van der Waals surface area contributed by atoms with E-state index < -0.39 is 5.60 Å². The Morgan fingerprint density at radius 2 is 1.38 bits per heavy atom. The van der Waals surface area contributed by atoms with Crippen molar-refractivity contribution in [2.24, 2.45) is 0 Å². The lowest BCUT2D eigenvalue weighted by molar-refractivity contribution is -0.129. The van der Waals surface area contributed by atoms with Crippen LogP contribution in [0.15, 0.2) is 42.5 Å². The number of rotatable bonds is 5. The Labute approximate surface area is 230 Å². The second-order valence-corrected chi connectivity index (χ2v) is 11.4. The van der Waals surface area contributed by atoms with Crippen LogP contribution in [0.1, 0.15) is 77.5 Å². The van der Waals surface area contributed by atoms with Crippen molar-refractivity contribution in [1.82, 2.24) is 0 Å². The number of hydrogen-bond acceptors (Lipinski definition) is 5. The molecule has 0 spiro atoms. The first-order valence-electron chi connectivity index (χ1n) is 13.4. The highest BCUT2D eigenvalue weighted by Crippen LogP contribution is 2.54. The zero-order chi connectivity index (χ0) is 28.2. The SMILES string of the molecule is COc1ccc(C2CC(=O)N(c3c(C)c(C)c4c(c3C)[C@@H](c3ccc(C)cc3)C(C)(C)O4)C(=O)C2)cc1OC. The first kappa shape index (κ1) is 26.8. The summed E-state index contributed by atoms with van der Waals surface area (Å²) in [5.74, 6) is 1.43. The standard InChI is InChI=1S/C33H37NO5/c1-18-9-11-22(12-10-18)30-29-21(4)31(19(2)20(3)32(29)39-33(30,5)6)34-27(35)16-24(17-28(34)36)23-13-14-25(37-7)26(15-23)38-8/h9-15,24,30H,16-17H2,1-8H3/t30-/m1/s1. The molecule has 5 rings (SSSR count). The number of carbonyl (C=O) groups is 2. The summed E-state index contributed by atoms with van der Waals surface area (Å²) >= 11 is 0. The van der Waals surface area contributed by atoms with Crippen LogP contribution in [0.5, 0.6) is 17.2 Å². The van der Waals surface area contributed by atoms with E-state index in [0.717, 1.165) is 39.1 Å². The molecule has 1 atom stereocenters. The quantitative estimate of drug-likeness (QED) is 0.347. The van der Waals surface area contributed by atoms with Crippen LogP contribution in [0.2, 0.25) is 0 Å². The van der Waals surface area contributed by atoms with E-state index in [1.54, 1.807) is 14.2 Å². The second kappa shape index (κ2) is 9.74. The summed E-state index contributed by atoms with van der Waals surface area (Å²) in [4.78, 5) is 28.9. The van der Waals surface area contributed by atoms with Gasteiger partial charge in [0.2, 0.25) is 11.8 Å². The van der Waals surface area contributed by atoms with E-state index in [0.29, 0.717) is 17.2 Å². The summed E-state index contributed by atoms with van der Waals surface area (Å²) in [6.07, 6.45) is 0.471. The van der Waals surface area contributed by atoms with E-state index in [-0.39, 0.29) is 36.5 Å². The van der Waals surface area contributed by atoms with E-state index >= 15 is 0 Å². The molecule has 0 aliphatic carbocycles. The number of carbonyl (C=O) groups excluding carboxylic acids is 2. The zero-order valence-electron chi connectivity index (χ0n) is 24.1. The number of fused-ring (bicyclic) bond motifs is 1. The van der Waals surface area contributed by atoms with E-state index in [9.17, 15) is 9.59 Å². The fourth-order valence-corrected chi connectivity index (χ4v) is 6.35. The van der Waals surface area contributed by atoms with E-state index in [2.05, 4.69) is 45.0 Å². The molecule has 2 heterocycles. The molecule has 0 aromatic heterocycles. The number of aryl methyl sites for hydroxylation is 1. The molecule has 2 aliphatic rings. The minimum absolute atomic E-state index is 0.0272. The maximum Gasteiger partial charge on any atom is 0.234 e. The smallest absolute Gasteiger partial charge is 0.234 e. The molecule has 0 N–H and O–H groups in total. The Kier molecular flexibility index (Phi) is 6.69. The molecular weight excluding hydrogens is 490 g/mol. The minimum Gasteiger partial charge on any atom is -0.493 e. The molecule has 2 aliphatic heterocycles. The molecule has 39 heavy (non-hydrogen) atoms. The predicted octanol–water partition coefficient (Wildman–Crippen LogP) is 6.68. The number of benzene rings is 3. The van der Waals surface area contributed by atoms with Crippen molar-refractivity contribution in [2.45, 2.75) is 71.8 Å². The highest BCUT2D eigenvalue weighted by Gasteiger charge is 2.46. The largest absolute Gasteiger partial charge is 0.493 e. The van der Waals surface area contributed by atoms with Crippen LogP contribution < -0.4 is 19.1 Å². The number of anilines is 1. The monoisotopic (exact) mass is 527 g/mol. The average molecular weight is 528 g/mol. The molecule has 0 radical (unpaired) electrons. The average Bonchev–Trinajstić information content (AvgIpc) is 3.20. The molecule has 1 fully saturated rings. The number of methoxy groups -OCH3 is 2. The van der Waals surface area contributed by atoms with Crippen LogP contribution in [0, 0.1) is 27.7 Å². The fraction of sp³-hybridized carbons (Fsp3) is 0.394. The van der Waals surface area contributed by atoms with Crippen LogP contribution in [0.4, 0.5) is 5.69 Å². The first-order valence-corrected chi connectivity index (χ1v) is 13.4. The first-order chi connectivity index (χ1) is 18.5. The van der Waals surface area contributed by atoms with Crippen molar-refractivity contribution in [3.05, 3.63) is 81.4 Å². The number of nitrogens with zero attached hydrogens (tertiary/aromatic N) is 1. The lowest BCUT2D eigenvalue weighted by atomic mass is 9.78. The highest BCUT2D eigenvalue weighted by molar-refractivity contribution is 6.18. The second-order valence-electron chi connectivity index (χ2n) is 11.4. The van der Waals surface area contributed by atoms with Crippen molar-refractivity contribution >= 4 is 17.5 Å². The molecule has 0 bridgehead atoms.